The highest BCUT2D eigenvalue weighted by Gasteiger charge is 2.60. The summed E-state index contributed by atoms with van der Waals surface area (Å²) in [6.45, 7) is 5.54. The molecule has 4 rings (SSSR count). The Kier molecular flexibility index (Phi) is 3.88. The second-order valence-electron chi connectivity index (χ2n) is 8.74. The summed E-state index contributed by atoms with van der Waals surface area (Å²) in [4.78, 5) is 12.3. The summed E-state index contributed by atoms with van der Waals surface area (Å²) in [5, 5.41) is 3.03. The molecule has 0 aromatic heterocycles. The molecule has 1 amide bonds. The van der Waals surface area contributed by atoms with Crippen LogP contribution in [0.2, 0.25) is 0 Å². The maximum absolute atomic E-state index is 12.3. The van der Waals surface area contributed by atoms with Gasteiger partial charge < -0.3 is 5.32 Å². The highest BCUT2D eigenvalue weighted by molar-refractivity contribution is 6.18. The molecule has 0 radical (unpaired) electrons. The lowest BCUT2D eigenvalue weighted by Gasteiger charge is -2.65. The van der Waals surface area contributed by atoms with Gasteiger partial charge in [-0.05, 0) is 60.7 Å². The van der Waals surface area contributed by atoms with E-state index in [9.17, 15) is 4.79 Å². The van der Waals surface area contributed by atoms with Gasteiger partial charge in [-0.1, -0.05) is 26.0 Å². The van der Waals surface area contributed by atoms with E-state index >= 15 is 0 Å². The van der Waals surface area contributed by atoms with E-state index in [1.807, 2.05) is 12.2 Å². The molecule has 3 heteroatoms. The predicted molar refractivity (Wildman–Crippen MR) is 87.3 cm³/mol. The first kappa shape index (κ1) is 15.4. The fourth-order valence-corrected chi connectivity index (χ4v) is 6.73. The van der Waals surface area contributed by atoms with E-state index in [-0.39, 0.29) is 11.3 Å². The number of carbonyl (C=O) groups excluding carboxylic acids is 1. The SMILES string of the molecule is CC12CC3CC(C)(C1)CC(CC(=O)NC/C=C/CCl)(C3)C2. The van der Waals surface area contributed by atoms with Crippen LogP contribution in [0.25, 0.3) is 0 Å². The Balaban J connectivity index is 1.65. The van der Waals surface area contributed by atoms with Gasteiger partial charge in [-0.2, -0.15) is 0 Å². The van der Waals surface area contributed by atoms with E-state index in [1.54, 1.807) is 0 Å². The lowest BCUT2D eigenvalue weighted by Crippen LogP contribution is -2.56. The monoisotopic (exact) mass is 309 g/mol. The Hall–Kier alpha value is -0.500. The zero-order valence-corrected chi connectivity index (χ0v) is 14.1. The van der Waals surface area contributed by atoms with E-state index in [2.05, 4.69) is 19.2 Å². The van der Waals surface area contributed by atoms with E-state index in [4.69, 9.17) is 11.6 Å². The van der Waals surface area contributed by atoms with Crippen molar-refractivity contribution in [3.8, 4) is 0 Å². The minimum absolute atomic E-state index is 0.225. The maximum atomic E-state index is 12.3. The molecule has 0 heterocycles. The van der Waals surface area contributed by atoms with E-state index in [1.165, 1.54) is 38.5 Å². The zero-order valence-electron chi connectivity index (χ0n) is 13.4. The van der Waals surface area contributed by atoms with E-state index in [0.29, 0.717) is 23.3 Å². The molecule has 4 aliphatic rings. The molecule has 118 valence electrons. The number of halogens is 1. The third-order valence-electron chi connectivity index (χ3n) is 5.95. The number of hydrogen-bond donors (Lipinski definition) is 1. The molecule has 2 unspecified atom stereocenters. The Morgan fingerprint density at radius 2 is 1.81 bits per heavy atom. The minimum Gasteiger partial charge on any atom is -0.353 e. The van der Waals surface area contributed by atoms with Gasteiger partial charge in [0.1, 0.15) is 0 Å². The Morgan fingerprint density at radius 1 is 1.14 bits per heavy atom. The normalized spacial score (nSPS) is 44.4. The summed E-state index contributed by atoms with van der Waals surface area (Å²) in [6.07, 6.45) is 12.5. The van der Waals surface area contributed by atoms with Gasteiger partial charge in [0.2, 0.25) is 5.91 Å². The number of hydrogen-bond acceptors (Lipinski definition) is 1. The van der Waals surface area contributed by atoms with Crippen LogP contribution >= 0.6 is 11.6 Å². The Labute approximate surface area is 133 Å². The second-order valence-corrected chi connectivity index (χ2v) is 9.05. The first-order chi connectivity index (χ1) is 9.86. The summed E-state index contributed by atoms with van der Waals surface area (Å²) < 4.78 is 0. The smallest absolute Gasteiger partial charge is 0.220 e. The van der Waals surface area contributed by atoms with E-state index in [0.717, 1.165) is 12.3 Å². The first-order valence-corrected chi connectivity index (χ1v) is 8.87. The third-order valence-corrected chi connectivity index (χ3v) is 6.13. The van der Waals surface area contributed by atoms with Crippen molar-refractivity contribution >= 4 is 17.5 Å². The summed E-state index contributed by atoms with van der Waals surface area (Å²) in [5.41, 5.74) is 1.27. The van der Waals surface area contributed by atoms with Crippen LogP contribution < -0.4 is 5.32 Å². The predicted octanol–water partition coefficient (Wildman–Crippen LogP) is 4.28. The van der Waals surface area contributed by atoms with Crippen LogP contribution in [0, 0.1) is 22.2 Å². The molecule has 4 fully saturated rings. The Morgan fingerprint density at radius 3 is 2.38 bits per heavy atom. The van der Waals surface area contributed by atoms with Crippen molar-refractivity contribution in [1.29, 1.82) is 0 Å². The molecular formula is C18H28ClNO. The fraction of sp³-hybridized carbons (Fsp3) is 0.833. The average Bonchev–Trinajstić information content (AvgIpc) is 2.29. The van der Waals surface area contributed by atoms with Crippen LogP contribution in [-0.4, -0.2) is 18.3 Å². The van der Waals surface area contributed by atoms with Crippen molar-refractivity contribution in [2.24, 2.45) is 22.2 Å². The van der Waals surface area contributed by atoms with Crippen LogP contribution in [-0.2, 0) is 4.79 Å². The summed E-state index contributed by atoms with van der Waals surface area (Å²) in [7, 11) is 0. The van der Waals surface area contributed by atoms with Gasteiger partial charge in [-0.3, -0.25) is 4.79 Å². The standard InChI is InChI=1S/C18H28ClNO/c1-16-7-14-8-17(2,11-16)13-18(9-14,12-16)10-15(21)20-6-4-3-5-19/h3-4,14H,5-13H2,1-2H3,(H,20,21)/b4-3+. The molecule has 2 atom stereocenters. The van der Waals surface area contributed by atoms with Crippen LogP contribution in [0.3, 0.4) is 0 Å². The fourth-order valence-electron chi connectivity index (χ4n) is 6.60. The molecule has 2 nitrogen and oxygen atoms in total. The molecule has 0 spiro atoms. The molecule has 0 aliphatic heterocycles. The van der Waals surface area contributed by atoms with Gasteiger partial charge in [0.05, 0.1) is 0 Å². The number of carbonyl (C=O) groups is 1. The highest BCUT2D eigenvalue weighted by atomic mass is 35.5. The first-order valence-electron chi connectivity index (χ1n) is 8.34. The number of rotatable bonds is 5. The molecule has 0 aromatic carbocycles. The van der Waals surface area contributed by atoms with Crippen LogP contribution in [0.5, 0.6) is 0 Å². The molecule has 21 heavy (non-hydrogen) atoms. The summed E-state index contributed by atoms with van der Waals surface area (Å²) in [6, 6.07) is 0. The molecule has 0 aromatic rings. The lowest BCUT2D eigenvalue weighted by molar-refractivity contribution is -0.155. The summed E-state index contributed by atoms with van der Waals surface area (Å²) >= 11 is 5.59. The molecule has 0 saturated heterocycles. The Bertz CT molecular complexity index is 440. The molecular weight excluding hydrogens is 282 g/mol. The third kappa shape index (κ3) is 3.16. The van der Waals surface area contributed by atoms with Crippen molar-refractivity contribution in [3.63, 3.8) is 0 Å². The number of allylic oxidation sites excluding steroid dienone is 1. The van der Waals surface area contributed by atoms with Gasteiger partial charge in [0.15, 0.2) is 0 Å². The number of nitrogens with one attached hydrogen (secondary N) is 1. The van der Waals surface area contributed by atoms with Crippen LogP contribution in [0.15, 0.2) is 12.2 Å². The minimum atomic E-state index is 0.225. The number of alkyl halides is 1. The maximum Gasteiger partial charge on any atom is 0.220 e. The highest BCUT2D eigenvalue weighted by Crippen LogP contribution is 2.70. The van der Waals surface area contributed by atoms with Crippen LogP contribution in [0.4, 0.5) is 0 Å². The van der Waals surface area contributed by atoms with Gasteiger partial charge in [0.25, 0.3) is 0 Å². The zero-order chi connectivity index (χ0) is 15.1. The molecule has 1 N–H and O–H groups in total. The largest absolute Gasteiger partial charge is 0.353 e. The molecule has 4 aliphatic carbocycles. The molecule has 4 bridgehead atoms. The van der Waals surface area contributed by atoms with Crippen molar-refractivity contribution < 1.29 is 4.79 Å². The van der Waals surface area contributed by atoms with Crippen molar-refractivity contribution in [2.75, 3.05) is 12.4 Å². The van der Waals surface area contributed by atoms with Crippen molar-refractivity contribution in [3.05, 3.63) is 12.2 Å². The average molecular weight is 310 g/mol. The van der Waals surface area contributed by atoms with Gasteiger partial charge >= 0.3 is 0 Å². The van der Waals surface area contributed by atoms with Gasteiger partial charge in [0, 0.05) is 18.8 Å². The van der Waals surface area contributed by atoms with E-state index < -0.39 is 0 Å². The quantitative estimate of drug-likeness (QED) is 0.596. The topological polar surface area (TPSA) is 29.1 Å². The number of amides is 1. The molecule has 4 saturated carbocycles. The van der Waals surface area contributed by atoms with Crippen molar-refractivity contribution in [2.45, 2.75) is 58.8 Å². The lowest BCUT2D eigenvalue weighted by atomic mass is 9.40. The second kappa shape index (κ2) is 5.30. The summed E-state index contributed by atoms with van der Waals surface area (Å²) in [5.74, 6) is 1.60. The van der Waals surface area contributed by atoms with Gasteiger partial charge in [-0.15, -0.1) is 11.6 Å². The van der Waals surface area contributed by atoms with Crippen molar-refractivity contribution in [1.82, 2.24) is 5.32 Å². The van der Waals surface area contributed by atoms with Gasteiger partial charge in [-0.25, -0.2) is 0 Å². The van der Waals surface area contributed by atoms with Crippen LogP contribution in [0.1, 0.15) is 58.8 Å².